The lowest BCUT2D eigenvalue weighted by molar-refractivity contribution is -0.289. The summed E-state index contributed by atoms with van der Waals surface area (Å²) in [5, 5.41) is 31.3. The van der Waals surface area contributed by atoms with Crippen molar-refractivity contribution in [2.75, 3.05) is 21.2 Å². The predicted molar refractivity (Wildman–Crippen MR) is 75.4 cm³/mol. The molecule has 0 aliphatic carbocycles. The van der Waals surface area contributed by atoms with Crippen LogP contribution in [0.25, 0.3) is 10.9 Å². The first-order valence-corrected chi connectivity index (χ1v) is 6.01. The minimum absolute atomic E-state index is 0.0603. The molecule has 0 spiro atoms. The fourth-order valence-corrected chi connectivity index (χ4v) is 2.03. The average Bonchev–Trinajstić information content (AvgIpc) is 2.81. The topological polar surface area (TPSA) is 89.0 Å². The molecule has 20 heavy (non-hydrogen) atoms. The Balaban J connectivity index is 2.62. The molecule has 0 fully saturated rings. The maximum atomic E-state index is 10.3. The Hall–Kier alpha value is -1.54. The zero-order valence-electron chi connectivity index (χ0n) is 11.6. The van der Waals surface area contributed by atoms with E-state index in [0.29, 0.717) is 16.7 Å². The summed E-state index contributed by atoms with van der Waals surface area (Å²) < 4.78 is 5.11. The summed E-state index contributed by atoms with van der Waals surface area (Å²) in [4.78, 5) is 4.01. The second kappa shape index (κ2) is 4.78. The Bertz CT molecular complexity index is 622. The molecule has 1 atom stereocenters. The van der Waals surface area contributed by atoms with E-state index in [4.69, 9.17) is 12.6 Å². The van der Waals surface area contributed by atoms with Crippen LogP contribution in [-0.4, -0.2) is 59.9 Å². The van der Waals surface area contributed by atoms with Crippen molar-refractivity contribution in [1.29, 1.82) is 0 Å². The minimum atomic E-state index is -2.67. The number of aromatic amines is 1. The smallest absolute Gasteiger partial charge is 0.226 e. The maximum absolute atomic E-state index is 10.3. The molecule has 2 rings (SSSR count). The normalized spacial score (nSPS) is 15.6. The van der Waals surface area contributed by atoms with Crippen LogP contribution in [0.3, 0.4) is 0 Å². The Morgan fingerprint density at radius 1 is 1.25 bits per heavy atom. The van der Waals surface area contributed by atoms with Crippen molar-refractivity contribution < 1.29 is 20.1 Å². The number of hydrogen-bond donors (Lipinski definition) is 4. The van der Waals surface area contributed by atoms with Gasteiger partial charge in [-0.05, 0) is 32.3 Å². The Morgan fingerprint density at radius 2 is 1.90 bits per heavy atom. The monoisotopic (exact) mass is 276 g/mol. The molecule has 2 radical (unpaired) electrons. The summed E-state index contributed by atoms with van der Waals surface area (Å²) >= 11 is 0. The third-order valence-corrected chi connectivity index (χ3v) is 3.46. The molecule has 0 aliphatic heterocycles. The summed E-state index contributed by atoms with van der Waals surface area (Å²) in [5.74, 6) is -2.11. The number of hydrogen-bond acceptors (Lipinski definition) is 5. The van der Waals surface area contributed by atoms with Gasteiger partial charge >= 0.3 is 0 Å². The molecular formula is C13H17BN2O4. The lowest BCUT2D eigenvalue weighted by atomic mass is 9.78. The molecule has 0 aliphatic rings. The van der Waals surface area contributed by atoms with Crippen molar-refractivity contribution in [2.45, 2.75) is 11.4 Å². The second-order valence-corrected chi connectivity index (χ2v) is 4.91. The van der Waals surface area contributed by atoms with Crippen LogP contribution in [0.5, 0.6) is 5.75 Å². The van der Waals surface area contributed by atoms with Gasteiger partial charge in [-0.25, -0.2) is 0 Å². The van der Waals surface area contributed by atoms with Crippen molar-refractivity contribution in [2.24, 2.45) is 0 Å². The third kappa shape index (κ3) is 2.08. The van der Waals surface area contributed by atoms with Crippen LogP contribution in [-0.2, 0) is 5.79 Å². The molecule has 6 nitrogen and oxygen atoms in total. The van der Waals surface area contributed by atoms with E-state index < -0.39 is 11.4 Å². The van der Waals surface area contributed by atoms with Crippen molar-refractivity contribution in [1.82, 2.24) is 9.88 Å². The van der Waals surface area contributed by atoms with Crippen LogP contribution in [0.4, 0.5) is 0 Å². The van der Waals surface area contributed by atoms with E-state index in [1.165, 1.54) is 27.4 Å². The highest BCUT2D eigenvalue weighted by molar-refractivity contribution is 6.15. The van der Waals surface area contributed by atoms with Crippen molar-refractivity contribution >= 4 is 18.7 Å². The number of likely N-dealkylation sites (N-methyl/N-ethyl adjacent to an activating group) is 1. The van der Waals surface area contributed by atoms with Crippen molar-refractivity contribution in [3.63, 3.8) is 0 Å². The molecule has 1 heterocycles. The van der Waals surface area contributed by atoms with Gasteiger partial charge in [0.05, 0.1) is 7.11 Å². The third-order valence-electron chi connectivity index (χ3n) is 3.46. The van der Waals surface area contributed by atoms with E-state index in [1.54, 1.807) is 18.2 Å². The first-order valence-electron chi connectivity index (χ1n) is 6.01. The number of aromatic nitrogens is 1. The molecule has 1 unspecified atom stereocenters. The van der Waals surface area contributed by atoms with E-state index in [-0.39, 0.29) is 5.56 Å². The molecule has 2 aromatic rings. The molecule has 4 N–H and O–H groups in total. The van der Waals surface area contributed by atoms with Gasteiger partial charge in [-0.2, -0.15) is 0 Å². The van der Waals surface area contributed by atoms with E-state index >= 15 is 0 Å². The molecule has 0 bridgehead atoms. The van der Waals surface area contributed by atoms with Gasteiger partial charge < -0.3 is 25.0 Å². The van der Waals surface area contributed by atoms with Crippen LogP contribution in [0.2, 0.25) is 0 Å². The largest absolute Gasteiger partial charge is 0.497 e. The number of nitrogens with one attached hydrogen (secondary N) is 1. The highest BCUT2D eigenvalue weighted by atomic mass is 16.5. The number of rotatable bonds is 4. The Kier molecular flexibility index (Phi) is 3.55. The Labute approximate surface area is 118 Å². The zero-order valence-corrected chi connectivity index (χ0v) is 11.6. The van der Waals surface area contributed by atoms with Crippen LogP contribution in [0.1, 0.15) is 5.56 Å². The lowest BCUT2D eigenvalue weighted by Crippen LogP contribution is -2.61. The van der Waals surface area contributed by atoms with Gasteiger partial charge in [0.1, 0.15) is 19.2 Å². The van der Waals surface area contributed by atoms with E-state index in [9.17, 15) is 15.3 Å². The molecule has 0 saturated carbocycles. The first kappa shape index (κ1) is 14.9. The maximum Gasteiger partial charge on any atom is 0.226 e. The van der Waals surface area contributed by atoms with Gasteiger partial charge in [0.25, 0.3) is 0 Å². The number of ether oxygens (including phenoxy) is 1. The minimum Gasteiger partial charge on any atom is -0.497 e. The van der Waals surface area contributed by atoms with Crippen LogP contribution < -0.4 is 4.74 Å². The first-order chi connectivity index (χ1) is 9.21. The quantitative estimate of drug-likeness (QED) is 0.454. The van der Waals surface area contributed by atoms with Crippen LogP contribution in [0, 0.1) is 0 Å². The SMILES string of the molecule is [B]C(O)(N(C)C)C(O)(O)c1c[nH]c2ccc(OC)cc12. The standard InChI is InChI=1S/C13H17BN2O4/c1-16(2)13(14,19)12(17,18)10-7-15-11-5-4-8(20-3)6-9(10)11/h4-7,15,17-19H,1-3H3. The summed E-state index contributed by atoms with van der Waals surface area (Å²) in [7, 11) is 10.0. The lowest BCUT2D eigenvalue weighted by Gasteiger charge is -2.42. The number of fused-ring (bicyclic) bond motifs is 1. The zero-order chi connectivity index (χ0) is 15.1. The van der Waals surface area contributed by atoms with Gasteiger partial charge in [-0.15, -0.1) is 0 Å². The van der Waals surface area contributed by atoms with E-state index in [0.717, 1.165) is 4.90 Å². The predicted octanol–water partition coefficient (Wildman–Crippen LogP) is -0.310. The molecule has 1 aromatic heterocycles. The summed E-state index contributed by atoms with van der Waals surface area (Å²) in [6.45, 7) is 0. The molecule has 0 saturated heterocycles. The number of aliphatic hydroxyl groups is 3. The number of methoxy groups -OCH3 is 1. The second-order valence-electron chi connectivity index (χ2n) is 4.91. The Morgan fingerprint density at radius 3 is 2.45 bits per heavy atom. The molecule has 0 amide bonds. The fraction of sp³-hybridized carbons (Fsp3) is 0.385. The van der Waals surface area contributed by atoms with Crippen molar-refractivity contribution in [3.05, 3.63) is 30.0 Å². The van der Waals surface area contributed by atoms with Crippen LogP contribution in [0.15, 0.2) is 24.4 Å². The summed E-state index contributed by atoms with van der Waals surface area (Å²) in [6, 6.07) is 5.10. The van der Waals surface area contributed by atoms with Crippen LogP contribution >= 0.6 is 0 Å². The highest BCUT2D eigenvalue weighted by Gasteiger charge is 2.48. The van der Waals surface area contributed by atoms with E-state index in [1.807, 2.05) is 0 Å². The summed E-state index contributed by atoms with van der Waals surface area (Å²) in [6.07, 6.45) is 1.39. The fourth-order valence-electron chi connectivity index (χ4n) is 2.03. The number of H-pyrrole nitrogens is 1. The highest BCUT2D eigenvalue weighted by Crippen LogP contribution is 2.35. The van der Waals surface area contributed by atoms with E-state index in [2.05, 4.69) is 4.98 Å². The molecular weight excluding hydrogens is 259 g/mol. The van der Waals surface area contributed by atoms with Gasteiger partial charge in [-0.1, -0.05) is 0 Å². The number of benzene rings is 1. The van der Waals surface area contributed by atoms with Crippen molar-refractivity contribution in [3.8, 4) is 5.75 Å². The van der Waals surface area contributed by atoms with Gasteiger partial charge in [0.15, 0.2) is 0 Å². The molecule has 106 valence electrons. The number of nitrogens with zero attached hydrogens (tertiary/aromatic N) is 1. The summed E-state index contributed by atoms with van der Waals surface area (Å²) in [5.41, 5.74) is -1.63. The van der Waals surface area contributed by atoms with Gasteiger partial charge in [0, 0.05) is 22.7 Å². The average molecular weight is 276 g/mol. The van der Waals surface area contributed by atoms with Gasteiger partial charge in [-0.3, -0.25) is 4.90 Å². The molecule has 7 heteroatoms. The van der Waals surface area contributed by atoms with Gasteiger partial charge in [0.2, 0.25) is 5.79 Å². The molecule has 1 aromatic carbocycles.